The largest absolute Gasteiger partial charge is 0.396 e. The molecule has 0 aliphatic heterocycles. The molecule has 0 fully saturated rings. The molecule has 0 radical (unpaired) electrons. The van der Waals surface area contributed by atoms with Gasteiger partial charge in [-0.2, -0.15) is 0 Å². The Balaban J connectivity index is 2.31. The number of aliphatic hydroxyl groups is 1. The molecule has 2 unspecified atom stereocenters. The third-order valence-corrected chi connectivity index (χ3v) is 3.23. The van der Waals surface area contributed by atoms with Gasteiger partial charge in [0.1, 0.15) is 0 Å². The van der Waals surface area contributed by atoms with Gasteiger partial charge in [-0.15, -0.1) is 0 Å². The van der Waals surface area contributed by atoms with Gasteiger partial charge < -0.3 is 19.9 Å². The Kier molecular flexibility index (Phi) is 9.24. The van der Waals surface area contributed by atoms with Gasteiger partial charge in [0.25, 0.3) is 0 Å². The maximum Gasteiger partial charge on any atom is 0.169 e. The number of hydrogen-bond acceptors (Lipinski definition) is 4. The number of aliphatic hydroxyl groups excluding tert-OH is 1. The van der Waals surface area contributed by atoms with E-state index in [4.69, 9.17) is 14.6 Å². The van der Waals surface area contributed by atoms with Crippen LogP contribution in [0.4, 0.5) is 0 Å². The molecule has 0 aliphatic carbocycles. The number of methoxy groups -OCH3 is 1. The molecule has 0 spiro atoms. The van der Waals surface area contributed by atoms with Crippen LogP contribution in [0, 0.1) is 0 Å². The average Bonchev–Trinajstić information content (AvgIpc) is 2.49. The number of rotatable bonds is 11. The molecule has 0 aromatic heterocycles. The van der Waals surface area contributed by atoms with Crippen molar-refractivity contribution in [1.82, 2.24) is 5.32 Å². The van der Waals surface area contributed by atoms with Crippen molar-refractivity contribution in [3.8, 4) is 0 Å². The molecule has 0 amide bonds. The van der Waals surface area contributed by atoms with Gasteiger partial charge in [0.2, 0.25) is 0 Å². The maximum absolute atomic E-state index is 9.04. The van der Waals surface area contributed by atoms with Crippen molar-refractivity contribution in [3.63, 3.8) is 0 Å². The Bertz CT molecular complexity index is 326. The van der Waals surface area contributed by atoms with Gasteiger partial charge >= 0.3 is 0 Å². The standard InChI is InChI=1S/C16H27NO3/c1-3-7-15(10-11-18)17-12-16(19-2)20-13-14-8-5-4-6-9-14/h4-6,8-9,15-18H,3,7,10-13H2,1-2H3. The summed E-state index contributed by atoms with van der Waals surface area (Å²) in [5.74, 6) is 0. The van der Waals surface area contributed by atoms with Crippen LogP contribution in [0.5, 0.6) is 0 Å². The van der Waals surface area contributed by atoms with E-state index in [0.717, 1.165) is 24.8 Å². The van der Waals surface area contributed by atoms with E-state index in [1.165, 1.54) is 0 Å². The second-order valence-corrected chi connectivity index (χ2v) is 4.87. The quantitative estimate of drug-likeness (QED) is 0.611. The van der Waals surface area contributed by atoms with Gasteiger partial charge in [-0.3, -0.25) is 0 Å². The molecule has 1 rings (SSSR count). The van der Waals surface area contributed by atoms with Crippen LogP contribution in [0.15, 0.2) is 30.3 Å². The van der Waals surface area contributed by atoms with Crippen LogP contribution in [0.2, 0.25) is 0 Å². The monoisotopic (exact) mass is 281 g/mol. The molecule has 4 nitrogen and oxygen atoms in total. The first kappa shape index (κ1) is 17.1. The fourth-order valence-electron chi connectivity index (χ4n) is 2.09. The van der Waals surface area contributed by atoms with Crippen LogP contribution >= 0.6 is 0 Å². The molecule has 114 valence electrons. The van der Waals surface area contributed by atoms with Gasteiger partial charge in [-0.1, -0.05) is 43.7 Å². The summed E-state index contributed by atoms with van der Waals surface area (Å²) < 4.78 is 11.1. The van der Waals surface area contributed by atoms with Gasteiger partial charge in [0.15, 0.2) is 6.29 Å². The lowest BCUT2D eigenvalue weighted by molar-refractivity contribution is -0.129. The molecule has 1 aromatic carbocycles. The van der Waals surface area contributed by atoms with Gasteiger partial charge in [-0.05, 0) is 18.4 Å². The zero-order valence-electron chi connectivity index (χ0n) is 12.5. The molecule has 2 atom stereocenters. The molecular weight excluding hydrogens is 254 g/mol. The summed E-state index contributed by atoms with van der Waals surface area (Å²) >= 11 is 0. The summed E-state index contributed by atoms with van der Waals surface area (Å²) in [4.78, 5) is 0. The fraction of sp³-hybridized carbons (Fsp3) is 0.625. The predicted molar refractivity (Wildman–Crippen MR) is 80.4 cm³/mol. The van der Waals surface area contributed by atoms with Crippen molar-refractivity contribution in [2.75, 3.05) is 20.3 Å². The van der Waals surface area contributed by atoms with Crippen LogP contribution < -0.4 is 5.32 Å². The van der Waals surface area contributed by atoms with Gasteiger partial charge in [0.05, 0.1) is 6.61 Å². The zero-order chi connectivity index (χ0) is 14.6. The Morgan fingerprint density at radius 3 is 2.55 bits per heavy atom. The molecular formula is C16H27NO3. The molecule has 4 heteroatoms. The number of ether oxygens (including phenoxy) is 2. The van der Waals surface area contributed by atoms with Crippen LogP contribution in [-0.2, 0) is 16.1 Å². The van der Waals surface area contributed by atoms with E-state index in [2.05, 4.69) is 12.2 Å². The number of nitrogens with one attached hydrogen (secondary N) is 1. The van der Waals surface area contributed by atoms with Crippen molar-refractivity contribution in [1.29, 1.82) is 0 Å². The lowest BCUT2D eigenvalue weighted by Crippen LogP contribution is -2.38. The number of hydrogen-bond donors (Lipinski definition) is 2. The minimum absolute atomic E-state index is 0.209. The summed E-state index contributed by atoms with van der Waals surface area (Å²) in [5, 5.41) is 12.4. The second kappa shape index (κ2) is 10.8. The van der Waals surface area contributed by atoms with E-state index in [9.17, 15) is 0 Å². The zero-order valence-corrected chi connectivity index (χ0v) is 12.5. The highest BCUT2D eigenvalue weighted by atomic mass is 16.7. The molecule has 20 heavy (non-hydrogen) atoms. The molecule has 0 saturated heterocycles. The summed E-state index contributed by atoms with van der Waals surface area (Å²) in [7, 11) is 1.65. The normalized spacial score (nSPS) is 14.2. The highest BCUT2D eigenvalue weighted by Gasteiger charge is 2.12. The van der Waals surface area contributed by atoms with Crippen LogP contribution in [0.25, 0.3) is 0 Å². The Morgan fingerprint density at radius 1 is 1.20 bits per heavy atom. The summed E-state index contributed by atoms with van der Waals surface area (Å²) in [5.41, 5.74) is 1.13. The van der Waals surface area contributed by atoms with Gasteiger partial charge in [-0.25, -0.2) is 0 Å². The van der Waals surface area contributed by atoms with E-state index in [1.807, 2.05) is 30.3 Å². The van der Waals surface area contributed by atoms with Crippen molar-refractivity contribution in [2.24, 2.45) is 0 Å². The Labute approximate surface area is 122 Å². The highest BCUT2D eigenvalue weighted by Crippen LogP contribution is 2.05. The lowest BCUT2D eigenvalue weighted by Gasteiger charge is -2.22. The number of benzene rings is 1. The predicted octanol–water partition coefficient (Wildman–Crippen LogP) is 2.32. The average molecular weight is 281 g/mol. The SMILES string of the molecule is CCCC(CCO)NCC(OC)OCc1ccccc1. The van der Waals surface area contributed by atoms with E-state index in [-0.39, 0.29) is 12.9 Å². The third-order valence-electron chi connectivity index (χ3n) is 3.23. The molecule has 1 aromatic rings. The first-order valence-corrected chi connectivity index (χ1v) is 7.32. The van der Waals surface area contributed by atoms with Crippen molar-refractivity contribution in [2.45, 2.75) is 45.1 Å². The van der Waals surface area contributed by atoms with Crippen molar-refractivity contribution in [3.05, 3.63) is 35.9 Å². The molecule has 2 N–H and O–H groups in total. The first-order valence-electron chi connectivity index (χ1n) is 7.32. The van der Waals surface area contributed by atoms with Crippen molar-refractivity contribution < 1.29 is 14.6 Å². The minimum atomic E-state index is -0.270. The van der Waals surface area contributed by atoms with Crippen molar-refractivity contribution >= 4 is 0 Å². The topological polar surface area (TPSA) is 50.7 Å². The molecule has 0 heterocycles. The van der Waals surface area contributed by atoms with E-state index >= 15 is 0 Å². The van der Waals surface area contributed by atoms with Crippen LogP contribution in [0.1, 0.15) is 31.7 Å². The van der Waals surface area contributed by atoms with E-state index in [0.29, 0.717) is 19.2 Å². The minimum Gasteiger partial charge on any atom is -0.396 e. The first-order chi connectivity index (χ1) is 9.80. The van der Waals surface area contributed by atoms with Crippen LogP contribution in [-0.4, -0.2) is 37.7 Å². The van der Waals surface area contributed by atoms with E-state index < -0.39 is 0 Å². The third kappa shape index (κ3) is 7.01. The lowest BCUT2D eigenvalue weighted by atomic mass is 10.1. The van der Waals surface area contributed by atoms with Gasteiger partial charge in [0, 0.05) is 26.3 Å². The summed E-state index contributed by atoms with van der Waals surface area (Å²) in [6, 6.07) is 10.4. The summed E-state index contributed by atoms with van der Waals surface area (Å²) in [6.45, 7) is 3.53. The fourth-order valence-corrected chi connectivity index (χ4v) is 2.09. The molecule has 0 aliphatic rings. The Morgan fingerprint density at radius 2 is 1.95 bits per heavy atom. The smallest absolute Gasteiger partial charge is 0.169 e. The highest BCUT2D eigenvalue weighted by molar-refractivity contribution is 5.13. The van der Waals surface area contributed by atoms with E-state index in [1.54, 1.807) is 7.11 Å². The molecule has 0 bridgehead atoms. The summed E-state index contributed by atoms with van der Waals surface area (Å²) in [6.07, 6.45) is 2.65. The van der Waals surface area contributed by atoms with Crippen LogP contribution in [0.3, 0.4) is 0 Å². The second-order valence-electron chi connectivity index (χ2n) is 4.87. The molecule has 0 saturated carbocycles. The Hall–Kier alpha value is -0.940. The maximum atomic E-state index is 9.04.